The number of rotatable bonds is 3. The number of piperidine rings is 1. The second kappa shape index (κ2) is 8.82. The topological polar surface area (TPSA) is 54.8 Å². The minimum absolute atomic E-state index is 0.133. The Bertz CT molecular complexity index is 1180. The maximum absolute atomic E-state index is 13.4. The number of fused-ring (bicyclic) bond motifs is 2. The van der Waals surface area contributed by atoms with Gasteiger partial charge < -0.3 is 14.2 Å². The average Bonchev–Trinajstić information content (AvgIpc) is 3.24. The van der Waals surface area contributed by atoms with Gasteiger partial charge >= 0.3 is 12.4 Å². The van der Waals surface area contributed by atoms with Crippen LogP contribution in [0.2, 0.25) is 0 Å². The number of alkyl halides is 6. The second-order valence-corrected chi connectivity index (χ2v) is 9.24. The fourth-order valence-electron chi connectivity index (χ4n) is 5.34. The number of carbonyl (C=O) groups excluding carboxylic acids is 2. The number of likely N-dealkylation sites (N-methyl/N-ethyl adjacent to an activating group) is 1. The molecule has 1 spiro atoms. The maximum Gasteiger partial charge on any atom is 0.456 e. The molecule has 2 aliphatic heterocycles. The molecule has 4 rings (SSSR count). The third-order valence-corrected chi connectivity index (χ3v) is 7.36. The van der Waals surface area contributed by atoms with Crippen molar-refractivity contribution in [2.24, 2.45) is 0 Å². The summed E-state index contributed by atoms with van der Waals surface area (Å²) in [6, 6.07) is 5.66. The van der Waals surface area contributed by atoms with Gasteiger partial charge in [-0.25, -0.2) is 0 Å². The van der Waals surface area contributed by atoms with Gasteiger partial charge in [-0.15, -0.1) is 0 Å². The van der Waals surface area contributed by atoms with Gasteiger partial charge in [0.1, 0.15) is 5.75 Å². The lowest BCUT2D eigenvalue weighted by Gasteiger charge is -2.53. The van der Waals surface area contributed by atoms with Crippen LogP contribution in [0.15, 0.2) is 30.3 Å². The Kier molecular flexibility index (Phi) is 6.39. The van der Waals surface area contributed by atoms with Gasteiger partial charge in [-0.2, -0.15) is 26.3 Å². The third-order valence-electron chi connectivity index (χ3n) is 7.36. The van der Waals surface area contributed by atoms with Crippen molar-refractivity contribution in [2.45, 2.75) is 50.2 Å². The van der Waals surface area contributed by atoms with E-state index in [2.05, 4.69) is 0 Å². The maximum atomic E-state index is 13.4. The summed E-state index contributed by atoms with van der Waals surface area (Å²) in [6.07, 6.45) is -9.03. The van der Waals surface area contributed by atoms with Crippen LogP contribution in [0.5, 0.6) is 5.75 Å². The Morgan fingerprint density at radius 1 is 1.03 bits per heavy atom. The smallest absolute Gasteiger partial charge is 0.456 e. The predicted octanol–water partition coefficient (Wildman–Crippen LogP) is 4.73. The second-order valence-electron chi connectivity index (χ2n) is 9.24. The highest BCUT2D eigenvalue weighted by Crippen LogP contribution is 2.44. The Morgan fingerprint density at radius 2 is 1.67 bits per heavy atom. The number of hydrogen-bond donors (Lipinski definition) is 0. The normalized spacial score (nSPS) is 20.4. The number of methoxy groups -OCH3 is 1. The molecule has 1 amide bonds. The van der Waals surface area contributed by atoms with E-state index < -0.39 is 40.8 Å². The number of aromatic nitrogens is 1. The molecule has 1 atom stereocenters. The van der Waals surface area contributed by atoms with Crippen molar-refractivity contribution in [3.8, 4) is 5.75 Å². The van der Waals surface area contributed by atoms with E-state index in [-0.39, 0.29) is 37.0 Å². The number of nitrogens with zero attached hydrogens (tertiary/aromatic N) is 3. The SMILES string of the molecule is COc1ccc(C(=O)N2CCC3(CC2)c2ccc(C(=O)C(F)(F)F)n2C[C@@H](C)N3C)cc1C(F)(F)F. The lowest BCUT2D eigenvalue weighted by molar-refractivity contribution is -0.138. The van der Waals surface area contributed by atoms with Crippen LogP contribution >= 0.6 is 0 Å². The van der Waals surface area contributed by atoms with Crippen molar-refractivity contribution in [3.05, 3.63) is 52.8 Å². The Hall–Kier alpha value is -3.02. The van der Waals surface area contributed by atoms with Crippen molar-refractivity contribution in [3.63, 3.8) is 0 Å². The van der Waals surface area contributed by atoms with Crippen LogP contribution < -0.4 is 4.74 Å². The fourth-order valence-corrected chi connectivity index (χ4v) is 5.34. The summed E-state index contributed by atoms with van der Waals surface area (Å²) in [4.78, 5) is 28.6. The average molecular weight is 517 g/mol. The zero-order valence-corrected chi connectivity index (χ0v) is 19.8. The zero-order chi connectivity index (χ0) is 26.6. The summed E-state index contributed by atoms with van der Waals surface area (Å²) >= 11 is 0. The van der Waals surface area contributed by atoms with Gasteiger partial charge in [-0.05, 0) is 57.1 Å². The van der Waals surface area contributed by atoms with Crippen molar-refractivity contribution in [1.29, 1.82) is 0 Å². The highest BCUT2D eigenvalue weighted by Gasteiger charge is 2.49. The Labute approximate surface area is 203 Å². The minimum atomic E-state index is -5.00. The lowest BCUT2D eigenvalue weighted by Crippen LogP contribution is -2.59. The number of amides is 1. The van der Waals surface area contributed by atoms with E-state index in [1.165, 1.54) is 27.7 Å². The summed E-state index contributed by atoms with van der Waals surface area (Å²) < 4.78 is 85.8. The van der Waals surface area contributed by atoms with E-state index in [4.69, 9.17) is 4.74 Å². The number of ketones is 1. The van der Waals surface area contributed by atoms with Gasteiger partial charge in [0, 0.05) is 36.9 Å². The van der Waals surface area contributed by atoms with E-state index in [1.54, 1.807) is 0 Å². The van der Waals surface area contributed by atoms with E-state index in [9.17, 15) is 35.9 Å². The number of Topliss-reactive ketones (excluding diaryl/α,β-unsaturated/α-hetero) is 1. The quantitative estimate of drug-likeness (QED) is 0.437. The summed E-state index contributed by atoms with van der Waals surface area (Å²) in [6.45, 7) is 2.40. The molecule has 12 heteroatoms. The Balaban J connectivity index is 1.61. The van der Waals surface area contributed by atoms with E-state index in [0.29, 0.717) is 18.5 Å². The van der Waals surface area contributed by atoms with E-state index in [1.807, 2.05) is 18.9 Å². The van der Waals surface area contributed by atoms with Crippen LogP contribution in [0.1, 0.15) is 51.9 Å². The van der Waals surface area contributed by atoms with Crippen molar-refractivity contribution >= 4 is 11.7 Å². The van der Waals surface area contributed by atoms with Gasteiger partial charge in [0.15, 0.2) is 0 Å². The van der Waals surface area contributed by atoms with Crippen LogP contribution in [0.4, 0.5) is 26.3 Å². The molecule has 0 N–H and O–H groups in total. The van der Waals surface area contributed by atoms with Crippen LogP contribution in [0, 0.1) is 0 Å². The third kappa shape index (κ3) is 4.25. The highest BCUT2D eigenvalue weighted by atomic mass is 19.4. The van der Waals surface area contributed by atoms with Gasteiger partial charge in [0.05, 0.1) is 23.9 Å². The summed E-state index contributed by atoms with van der Waals surface area (Å²) in [7, 11) is 2.96. The molecule has 0 aliphatic carbocycles. The van der Waals surface area contributed by atoms with E-state index in [0.717, 1.165) is 19.2 Å². The molecule has 0 radical (unpaired) electrons. The molecule has 36 heavy (non-hydrogen) atoms. The van der Waals surface area contributed by atoms with E-state index >= 15 is 0 Å². The summed E-state index contributed by atoms with van der Waals surface area (Å²) in [5.41, 5.74) is -1.77. The molecule has 1 fully saturated rings. The number of ether oxygens (including phenoxy) is 1. The monoisotopic (exact) mass is 517 g/mol. The van der Waals surface area contributed by atoms with Gasteiger partial charge in [-0.1, -0.05) is 0 Å². The first-order valence-corrected chi connectivity index (χ1v) is 11.3. The first-order chi connectivity index (χ1) is 16.7. The van der Waals surface area contributed by atoms with Crippen LogP contribution in [-0.2, 0) is 18.3 Å². The van der Waals surface area contributed by atoms with Gasteiger partial charge in [0.2, 0.25) is 0 Å². The zero-order valence-electron chi connectivity index (χ0n) is 19.8. The van der Waals surface area contributed by atoms with Crippen LogP contribution in [0.25, 0.3) is 0 Å². The molecule has 0 saturated carbocycles. The largest absolute Gasteiger partial charge is 0.496 e. The molecule has 196 valence electrons. The number of carbonyl (C=O) groups is 2. The van der Waals surface area contributed by atoms with Crippen molar-refractivity contribution < 1.29 is 40.7 Å². The van der Waals surface area contributed by atoms with Crippen molar-refractivity contribution in [1.82, 2.24) is 14.4 Å². The summed E-state index contributed by atoms with van der Waals surface area (Å²) in [5.74, 6) is -2.87. The molecular weight excluding hydrogens is 492 g/mol. The molecule has 0 unspecified atom stereocenters. The predicted molar refractivity (Wildman–Crippen MR) is 117 cm³/mol. The fraction of sp³-hybridized carbons (Fsp3) is 0.500. The molecule has 6 nitrogen and oxygen atoms in total. The molecule has 1 aromatic carbocycles. The van der Waals surface area contributed by atoms with Crippen molar-refractivity contribution in [2.75, 3.05) is 27.2 Å². The minimum Gasteiger partial charge on any atom is -0.496 e. The molecular formula is C24H25F6N3O3. The highest BCUT2D eigenvalue weighted by molar-refractivity contribution is 5.99. The number of likely N-dealkylation sites (tertiary alicyclic amines) is 1. The first kappa shape index (κ1) is 26.1. The summed E-state index contributed by atoms with van der Waals surface area (Å²) in [5, 5.41) is 0. The standard InChI is InChI=1S/C24H25F6N3O3/c1-14-13-33-17(20(34)24(28,29)30)5-7-19(33)22(31(14)2)8-10-32(11-9-22)21(35)15-4-6-18(36-3)16(12-15)23(25,26)27/h4-7,12,14H,8-11,13H2,1-3H3/t14-/m1/s1. The molecule has 2 aliphatic rings. The lowest BCUT2D eigenvalue weighted by atomic mass is 9.80. The molecule has 1 saturated heterocycles. The number of benzene rings is 1. The number of halogens is 6. The molecule has 3 heterocycles. The molecule has 1 aromatic heterocycles. The Morgan fingerprint density at radius 3 is 2.22 bits per heavy atom. The van der Waals surface area contributed by atoms with Crippen LogP contribution in [-0.4, -0.2) is 65.5 Å². The molecule has 0 bridgehead atoms. The number of hydrogen-bond acceptors (Lipinski definition) is 4. The van der Waals surface area contributed by atoms with Gasteiger partial charge in [-0.3, -0.25) is 14.5 Å². The first-order valence-electron chi connectivity index (χ1n) is 11.3. The molecule has 2 aromatic rings. The van der Waals surface area contributed by atoms with Gasteiger partial charge in [0.25, 0.3) is 11.7 Å². The van der Waals surface area contributed by atoms with Crippen LogP contribution in [0.3, 0.4) is 0 Å².